The maximum absolute atomic E-state index is 13.3. The van der Waals surface area contributed by atoms with E-state index in [4.69, 9.17) is 15.0 Å². The van der Waals surface area contributed by atoms with Crippen molar-refractivity contribution < 1.29 is 63.8 Å². The minimum atomic E-state index is -1.83. The maximum Gasteiger partial charge on any atom is 0.371 e. The molecule has 0 saturated carbocycles. The monoisotopic (exact) mass is 989 g/mol. The highest BCUT2D eigenvalue weighted by Crippen LogP contribution is 2.33. The summed E-state index contributed by atoms with van der Waals surface area (Å²) in [6, 6.07) is 10.6. The molecule has 67 heavy (non-hydrogen) atoms. The van der Waals surface area contributed by atoms with E-state index in [9.17, 15) is 54.3 Å². The van der Waals surface area contributed by atoms with Gasteiger partial charge in [-0.15, -0.1) is 0 Å². The predicted octanol–water partition coefficient (Wildman–Crippen LogP) is 2.01. The summed E-state index contributed by atoms with van der Waals surface area (Å²) < 4.78 is 10.9. The molecule has 3 aliphatic heterocycles. The van der Waals surface area contributed by atoms with Gasteiger partial charge in [-0.1, -0.05) is 57.4 Å². The number of carboxylic acids is 1. The molecule has 0 aliphatic carbocycles. The minimum absolute atomic E-state index is 0.0456. The number of unbranched alkanes of at least 4 members (excludes halogenated alkanes) is 1. The molecule has 3 aliphatic rings. The van der Waals surface area contributed by atoms with E-state index in [0.29, 0.717) is 53.8 Å². The summed E-state index contributed by atoms with van der Waals surface area (Å²) in [5, 5.41) is 71.3. The Morgan fingerprint density at radius 2 is 1.64 bits per heavy atom. The average Bonchev–Trinajstić information content (AvgIpc) is 3.87. The number of aliphatic carboxylic acids is 1. The zero-order valence-corrected chi connectivity index (χ0v) is 38.6. The van der Waals surface area contributed by atoms with E-state index >= 15 is 0 Å². The number of rotatable bonds is 26. The number of hydrogen-bond donors (Lipinski definition) is 11. The van der Waals surface area contributed by atoms with E-state index < -0.39 is 66.2 Å². The number of carbonyl (C=O) groups is 6. The number of azide groups is 1. The highest BCUT2D eigenvalue weighted by Gasteiger charge is 2.46. The van der Waals surface area contributed by atoms with Gasteiger partial charge in [0.25, 0.3) is 5.91 Å². The molecule has 0 bridgehead atoms. The van der Waals surface area contributed by atoms with Crippen molar-refractivity contribution in [1.82, 2.24) is 31.9 Å². The molecule has 5 rings (SSSR count). The number of aliphatic hydroxyl groups excluding tert-OH is 3. The quantitative estimate of drug-likeness (QED) is 0.00939. The molecule has 2 aromatic carbocycles. The lowest BCUT2D eigenvalue weighted by atomic mass is 9.98. The maximum atomic E-state index is 13.3. The van der Waals surface area contributed by atoms with Crippen molar-refractivity contribution in [2.24, 2.45) is 5.11 Å². The number of ether oxygens (including phenoxy) is 2. The van der Waals surface area contributed by atoms with Crippen LogP contribution in [-0.4, -0.2) is 152 Å². The third kappa shape index (κ3) is 16.7. The molecule has 3 saturated heterocycles. The van der Waals surface area contributed by atoms with Crippen LogP contribution in [0.2, 0.25) is 0 Å². The third-order valence-electron chi connectivity index (χ3n) is 10.8. The van der Waals surface area contributed by atoms with Gasteiger partial charge in [-0.05, 0) is 67.1 Å². The fraction of sp³-hybridized carbons (Fsp3) is 0.524. The van der Waals surface area contributed by atoms with Gasteiger partial charge in [0.15, 0.2) is 0 Å². The van der Waals surface area contributed by atoms with E-state index in [-0.39, 0.29) is 61.3 Å². The molecule has 4 unspecified atom stereocenters. The van der Waals surface area contributed by atoms with E-state index in [1.807, 2.05) is 11.8 Å². The molecule has 364 valence electrons. The number of nitrogens with one attached hydrogen (secondary N) is 6. The van der Waals surface area contributed by atoms with Gasteiger partial charge >= 0.3 is 12.0 Å². The van der Waals surface area contributed by atoms with Crippen LogP contribution in [0.3, 0.4) is 0 Å². The largest absolute Gasteiger partial charge is 0.508 e. The molecule has 0 spiro atoms. The number of carboxylic acid groups (broad SMARTS) is 1. The van der Waals surface area contributed by atoms with Gasteiger partial charge in [0.05, 0.1) is 12.1 Å². The number of phenolic OH excluding ortho intramolecular Hbond substituents is 1. The molecule has 9 atom stereocenters. The summed E-state index contributed by atoms with van der Waals surface area (Å²) in [7, 11) is 2.75. The molecular formula is C42H55N9O13S3. The van der Waals surface area contributed by atoms with Gasteiger partial charge in [-0.2, -0.15) is 11.8 Å². The second-order valence-electron chi connectivity index (χ2n) is 15.6. The highest BCUT2D eigenvalue weighted by atomic mass is 33.1. The Balaban J connectivity index is 0.993. The van der Waals surface area contributed by atoms with Crippen molar-refractivity contribution in [2.75, 3.05) is 36.9 Å². The van der Waals surface area contributed by atoms with Crippen LogP contribution in [0, 0.1) is 0 Å². The van der Waals surface area contributed by atoms with Gasteiger partial charge in [0.1, 0.15) is 36.2 Å². The van der Waals surface area contributed by atoms with Crippen LogP contribution in [0.5, 0.6) is 5.75 Å². The Bertz CT molecular complexity index is 2100. The van der Waals surface area contributed by atoms with Crippen molar-refractivity contribution in [3.8, 4) is 5.75 Å². The van der Waals surface area contributed by atoms with Crippen LogP contribution in [0.4, 0.5) is 10.5 Å². The number of aliphatic hydroxyl groups is 3. The number of carbonyl (C=O) groups excluding carboxylic acids is 5. The number of urea groups is 1. The summed E-state index contributed by atoms with van der Waals surface area (Å²) in [4.78, 5) is 77.8. The van der Waals surface area contributed by atoms with Gasteiger partial charge in [0, 0.05) is 71.1 Å². The molecule has 6 amide bonds. The lowest BCUT2D eigenvalue weighted by Gasteiger charge is -2.40. The Labute approximate surface area is 397 Å². The molecule has 2 aromatic rings. The van der Waals surface area contributed by atoms with Crippen LogP contribution >= 0.6 is 33.3 Å². The van der Waals surface area contributed by atoms with Crippen LogP contribution in [0.15, 0.2) is 59.4 Å². The van der Waals surface area contributed by atoms with Gasteiger partial charge < -0.3 is 66.9 Å². The number of thioether (sulfide) groups is 1. The molecule has 3 fully saturated rings. The molecule has 25 heteroatoms. The summed E-state index contributed by atoms with van der Waals surface area (Å²) in [5.41, 5.74) is 9.59. The number of benzene rings is 2. The number of hydrogen-bond acceptors (Lipinski definition) is 16. The first-order chi connectivity index (χ1) is 32.2. The molecule has 0 aromatic heterocycles. The zero-order chi connectivity index (χ0) is 48.3. The fourth-order valence-corrected chi connectivity index (χ4v) is 10.6. The van der Waals surface area contributed by atoms with Gasteiger partial charge in [0.2, 0.25) is 29.8 Å². The van der Waals surface area contributed by atoms with E-state index in [1.54, 1.807) is 0 Å². The Morgan fingerprint density at radius 3 is 2.37 bits per heavy atom. The zero-order valence-electron chi connectivity index (χ0n) is 36.2. The number of phenols is 1. The van der Waals surface area contributed by atoms with Crippen molar-refractivity contribution >= 4 is 80.7 Å². The molecular weight excluding hydrogens is 935 g/mol. The third-order valence-corrected chi connectivity index (χ3v) is 14.7. The average molecular weight is 990 g/mol. The van der Waals surface area contributed by atoms with Crippen LogP contribution < -0.4 is 31.9 Å². The van der Waals surface area contributed by atoms with Gasteiger partial charge in [-0.25, -0.2) is 9.59 Å². The summed E-state index contributed by atoms with van der Waals surface area (Å²) in [6.07, 6.45) is -3.68. The normalized spacial score (nSPS) is 23.6. The van der Waals surface area contributed by atoms with E-state index in [1.165, 1.54) is 70.1 Å². The summed E-state index contributed by atoms with van der Waals surface area (Å²) in [6.45, 7) is 0.228. The second kappa shape index (κ2) is 26.8. The second-order valence-corrected chi connectivity index (χ2v) is 19.6. The number of amides is 6. The topological polar surface area (TPSA) is 343 Å². The molecule has 11 N–H and O–H groups in total. The molecule has 0 radical (unpaired) electrons. The fourth-order valence-electron chi connectivity index (χ4n) is 7.21. The molecule has 3 heterocycles. The van der Waals surface area contributed by atoms with Crippen molar-refractivity contribution in [3.05, 3.63) is 75.9 Å². The Kier molecular flexibility index (Phi) is 21.0. The number of fused-ring (bicyclic) bond motifs is 1. The number of aromatic hydroxyl groups is 1. The highest BCUT2D eigenvalue weighted by molar-refractivity contribution is 8.76. The number of nitrogens with zero attached hydrogens (tertiary/aromatic N) is 3. The first kappa shape index (κ1) is 52.6. The van der Waals surface area contributed by atoms with Crippen molar-refractivity contribution in [3.63, 3.8) is 0 Å². The van der Waals surface area contributed by atoms with E-state index in [0.717, 1.165) is 24.7 Å². The first-order valence-electron chi connectivity index (χ1n) is 21.5. The standard InChI is InChI=1S/C42H55N9O13S3/c43-51-50-25-11-9-24(10-12-25)38(58)47-27(4-3-16-44-32(53)6-2-1-5-31-34-28(22-65-31)48-42(62)49-34)39(59)45-17-19-67-66-18-15-33(54)46-21-30-35(55)36(56)37(57)41(64-30)63-29(40(60)61)20-23-7-13-26(52)14-8-23/h7-14,20,27-28,30-31,34-37,41,52,55-57H,1-6,15-19,21-22H2,(H,44,53)(H,45,59)(H,46,54)(H,47,58)(H,60,61)(H2,48,49,62)/b29-20-/t27?,28?,30-,31?,34?,35+,36+,37-,41-/m1/s1. The van der Waals surface area contributed by atoms with Crippen LogP contribution in [-0.2, 0) is 28.7 Å². The molecule has 22 nitrogen and oxygen atoms in total. The lowest BCUT2D eigenvalue weighted by molar-refractivity contribution is -0.285. The van der Waals surface area contributed by atoms with Gasteiger partial charge in [-0.3, -0.25) is 19.2 Å². The van der Waals surface area contributed by atoms with Crippen molar-refractivity contribution in [2.45, 2.75) is 99.0 Å². The summed E-state index contributed by atoms with van der Waals surface area (Å²) in [5.74, 6) is -2.01. The predicted molar refractivity (Wildman–Crippen MR) is 250 cm³/mol. The smallest absolute Gasteiger partial charge is 0.371 e. The van der Waals surface area contributed by atoms with E-state index in [2.05, 4.69) is 41.9 Å². The lowest BCUT2D eigenvalue weighted by Crippen LogP contribution is -2.60. The SMILES string of the molecule is [N-]=[N+]=Nc1ccc(C(=O)NC(CCCNC(=O)CCCCC2SCC3NC(=O)NC32)C(=O)NCCSSCCC(=O)NC[C@H]2O[C@@H](O/C(=C\c3ccc(O)cc3)C(=O)O)[C@H](O)[C@@H](O)[C@H]2O)cc1. The van der Waals surface area contributed by atoms with Crippen molar-refractivity contribution in [1.29, 1.82) is 0 Å². The Hall–Kier alpha value is -5.40. The first-order valence-corrected chi connectivity index (χ1v) is 25.1. The van der Waals surface area contributed by atoms with Crippen LogP contribution in [0.25, 0.3) is 16.5 Å². The minimum Gasteiger partial charge on any atom is -0.508 e. The summed E-state index contributed by atoms with van der Waals surface area (Å²) >= 11 is 1.83. The van der Waals surface area contributed by atoms with Crippen LogP contribution in [0.1, 0.15) is 60.9 Å². The Morgan fingerprint density at radius 1 is 0.910 bits per heavy atom.